The molecule has 1 saturated carbocycles. The van der Waals surface area contributed by atoms with Gasteiger partial charge in [-0.1, -0.05) is 94.3 Å². The van der Waals surface area contributed by atoms with Gasteiger partial charge in [0.2, 0.25) is 11.8 Å². The molecule has 4 aromatic rings. The minimum absolute atomic E-state index is 0.139. The molecule has 6 atom stereocenters. The Labute approximate surface area is 296 Å². The third-order valence-electron chi connectivity index (χ3n) is 11.0. The lowest BCUT2D eigenvalue weighted by atomic mass is 9.44. The maximum absolute atomic E-state index is 15.2. The van der Waals surface area contributed by atoms with E-state index in [4.69, 9.17) is 4.74 Å². The van der Waals surface area contributed by atoms with Crippen molar-refractivity contribution in [1.29, 1.82) is 0 Å². The predicted molar refractivity (Wildman–Crippen MR) is 189 cm³/mol. The highest BCUT2D eigenvalue weighted by molar-refractivity contribution is 9.10. The lowest BCUT2D eigenvalue weighted by Crippen LogP contribution is -2.58. The number of carbonyl (C=O) groups excluding carboxylic acids is 4. The number of rotatable bonds is 6. The fraction of sp³-hybridized carbons (Fsp3) is 0.250. The van der Waals surface area contributed by atoms with Gasteiger partial charge in [-0.05, 0) is 59.5 Å². The number of imide groups is 1. The van der Waals surface area contributed by atoms with Crippen molar-refractivity contribution in [3.63, 3.8) is 0 Å². The van der Waals surface area contributed by atoms with Gasteiger partial charge in [0.05, 0.1) is 30.9 Å². The van der Waals surface area contributed by atoms with Crippen LogP contribution in [0, 0.1) is 23.7 Å². The van der Waals surface area contributed by atoms with Crippen LogP contribution in [0.1, 0.15) is 40.3 Å². The smallest absolute Gasteiger partial charge is 0.234 e. The Morgan fingerprint density at radius 3 is 2.37 bits per heavy atom. The molecule has 0 radical (unpaired) electrons. The van der Waals surface area contributed by atoms with Gasteiger partial charge in [-0.25, -0.2) is 0 Å². The van der Waals surface area contributed by atoms with E-state index < -0.39 is 35.0 Å². The van der Waals surface area contributed by atoms with Gasteiger partial charge >= 0.3 is 0 Å². The van der Waals surface area contributed by atoms with Gasteiger partial charge < -0.3 is 9.84 Å². The van der Waals surface area contributed by atoms with Crippen LogP contribution in [0.25, 0.3) is 5.57 Å². The Hall–Kier alpha value is -4.60. The number of phenols is 1. The van der Waals surface area contributed by atoms with Crippen molar-refractivity contribution < 1.29 is 29.0 Å². The first kappa shape index (κ1) is 31.7. The van der Waals surface area contributed by atoms with Crippen molar-refractivity contribution in [2.24, 2.45) is 23.7 Å². The Bertz CT molecular complexity index is 2070. The van der Waals surface area contributed by atoms with Crippen LogP contribution in [-0.2, 0) is 31.1 Å². The van der Waals surface area contributed by atoms with Crippen LogP contribution in [0.2, 0.25) is 0 Å². The average Bonchev–Trinajstić information content (AvgIpc) is 3.73. The molecule has 2 fully saturated rings. The first-order valence-electron chi connectivity index (χ1n) is 16.3. The number of methoxy groups -OCH3 is 1. The normalized spacial score (nSPS) is 27.6. The summed E-state index contributed by atoms with van der Waals surface area (Å²) in [6.07, 6.45) is 3.98. The first-order chi connectivity index (χ1) is 23.7. The minimum Gasteiger partial charge on any atom is -0.504 e. The molecule has 246 valence electrons. The molecule has 4 aliphatic rings. The van der Waals surface area contributed by atoms with E-state index >= 15 is 9.59 Å². The number of halogens is 1. The zero-order valence-corrected chi connectivity index (χ0v) is 28.9. The summed E-state index contributed by atoms with van der Waals surface area (Å²) in [5, 5.41) is 13.8. The quantitative estimate of drug-likeness (QED) is 0.166. The van der Waals surface area contributed by atoms with E-state index in [-0.39, 0.29) is 47.8 Å². The number of aromatic hydroxyl groups is 1. The van der Waals surface area contributed by atoms with Gasteiger partial charge in [0.1, 0.15) is 0 Å². The maximum Gasteiger partial charge on any atom is 0.234 e. The summed E-state index contributed by atoms with van der Waals surface area (Å²) in [7, 11) is 1.46. The maximum atomic E-state index is 15.2. The van der Waals surface area contributed by atoms with E-state index in [1.165, 1.54) is 29.4 Å². The van der Waals surface area contributed by atoms with Crippen LogP contribution in [-0.4, -0.2) is 40.5 Å². The molecule has 1 N–H and O–H groups in total. The number of amides is 2. The van der Waals surface area contributed by atoms with Gasteiger partial charge in [0.15, 0.2) is 23.1 Å². The molecule has 2 amide bonds. The third-order valence-corrected chi connectivity index (χ3v) is 12.3. The molecule has 2 heterocycles. The number of likely N-dealkylation sites (tertiary alicyclic amines) is 1. The lowest BCUT2D eigenvalue weighted by molar-refractivity contribution is -0.141. The van der Waals surface area contributed by atoms with Crippen LogP contribution in [0.15, 0.2) is 113 Å². The molecule has 3 aromatic carbocycles. The number of nitrogens with zero attached hydrogens (tertiary/aromatic N) is 1. The van der Waals surface area contributed by atoms with Crippen molar-refractivity contribution in [1.82, 2.24) is 4.90 Å². The van der Waals surface area contributed by atoms with Crippen LogP contribution >= 0.6 is 27.3 Å². The van der Waals surface area contributed by atoms with Crippen LogP contribution < -0.4 is 4.74 Å². The molecule has 49 heavy (non-hydrogen) atoms. The first-order valence-corrected chi connectivity index (χ1v) is 18.0. The number of fused-ring (bicyclic) bond motifs is 4. The number of benzene rings is 3. The molecule has 1 aromatic heterocycles. The topological polar surface area (TPSA) is 101 Å². The summed E-state index contributed by atoms with van der Waals surface area (Å²) >= 11 is 5.08. The number of ketones is 2. The Morgan fingerprint density at radius 2 is 1.67 bits per heavy atom. The number of thiophene rings is 1. The molecule has 7 nitrogen and oxygen atoms in total. The summed E-state index contributed by atoms with van der Waals surface area (Å²) in [6.45, 7) is 0.202. The standard InChI is InChI=1S/C40H32BrNO6S/c1-48-32-18-24(41)17-30(37(32)45)35-26-14-15-27-34(39(47)42(38(27)46)21-25-13-8-16-49-25)29(26)19-31-36(44)28(22-9-4-2-5-10-22)20-33(43)40(31,35)23-11-6-3-7-12-23/h2-14,16-18,20,27,29,31,34-35,45H,15,19,21H2,1H3. The fourth-order valence-electron chi connectivity index (χ4n) is 8.97. The number of allylic oxidation sites excluding steroid dienone is 4. The summed E-state index contributed by atoms with van der Waals surface area (Å²) in [5.41, 5.74) is 1.37. The molecular weight excluding hydrogens is 702 g/mol. The summed E-state index contributed by atoms with van der Waals surface area (Å²) in [4.78, 5) is 60.7. The van der Waals surface area contributed by atoms with Crippen molar-refractivity contribution in [3.8, 4) is 11.5 Å². The number of hydrogen-bond donors (Lipinski definition) is 1. The zero-order chi connectivity index (χ0) is 34.0. The summed E-state index contributed by atoms with van der Waals surface area (Å²) in [6, 6.07) is 25.7. The SMILES string of the molecule is COc1cc(Br)cc(C2C3=CCC4C(=O)N(Cc5cccs5)C(=O)C4C3CC3C(=O)C(c4ccccc4)=CC(=O)C32c2ccccc2)c1O. The fourth-order valence-corrected chi connectivity index (χ4v) is 10.1. The van der Waals surface area contributed by atoms with Crippen LogP contribution in [0.5, 0.6) is 11.5 Å². The number of ether oxygens (including phenoxy) is 1. The number of phenolic OH excluding ortho intramolecular Hbond substituents is 1. The highest BCUT2D eigenvalue weighted by Crippen LogP contribution is 2.65. The van der Waals surface area contributed by atoms with E-state index in [2.05, 4.69) is 15.9 Å². The van der Waals surface area contributed by atoms with Crippen molar-refractivity contribution in [2.75, 3.05) is 7.11 Å². The number of hydrogen-bond acceptors (Lipinski definition) is 7. The Balaban J connectivity index is 1.38. The second-order valence-corrected chi connectivity index (χ2v) is 15.1. The van der Waals surface area contributed by atoms with Gasteiger partial charge in [0, 0.05) is 32.3 Å². The van der Waals surface area contributed by atoms with Gasteiger partial charge in [0.25, 0.3) is 0 Å². The predicted octanol–water partition coefficient (Wildman–Crippen LogP) is 7.25. The second-order valence-electron chi connectivity index (χ2n) is 13.2. The molecule has 6 unspecified atom stereocenters. The molecule has 0 bridgehead atoms. The molecule has 8 rings (SSSR count). The van der Waals surface area contributed by atoms with Gasteiger partial charge in [-0.15, -0.1) is 11.3 Å². The Morgan fingerprint density at radius 1 is 0.939 bits per heavy atom. The molecule has 3 aliphatic carbocycles. The van der Waals surface area contributed by atoms with Crippen molar-refractivity contribution in [3.05, 3.63) is 134 Å². The lowest BCUT2D eigenvalue weighted by Gasteiger charge is -2.55. The average molecular weight is 735 g/mol. The zero-order valence-electron chi connectivity index (χ0n) is 26.5. The second kappa shape index (κ2) is 12.1. The van der Waals surface area contributed by atoms with Crippen LogP contribution in [0.4, 0.5) is 0 Å². The monoisotopic (exact) mass is 733 g/mol. The van der Waals surface area contributed by atoms with Crippen molar-refractivity contribution in [2.45, 2.75) is 30.7 Å². The third kappa shape index (κ3) is 4.73. The van der Waals surface area contributed by atoms with E-state index in [1.54, 1.807) is 12.1 Å². The van der Waals surface area contributed by atoms with E-state index in [1.807, 2.05) is 84.3 Å². The highest BCUT2D eigenvalue weighted by atomic mass is 79.9. The summed E-state index contributed by atoms with van der Waals surface area (Å²) < 4.78 is 6.21. The molecule has 9 heteroatoms. The van der Waals surface area contributed by atoms with Gasteiger partial charge in [-0.3, -0.25) is 24.1 Å². The molecular formula is C40H32BrNO6S. The van der Waals surface area contributed by atoms with E-state index in [9.17, 15) is 14.7 Å². The minimum atomic E-state index is -1.45. The molecule has 1 aliphatic heterocycles. The van der Waals surface area contributed by atoms with E-state index in [0.717, 1.165) is 10.5 Å². The van der Waals surface area contributed by atoms with E-state index in [0.29, 0.717) is 33.2 Å². The number of carbonyl (C=O) groups is 4. The summed E-state index contributed by atoms with van der Waals surface area (Å²) in [5.74, 6) is -4.38. The highest BCUT2D eigenvalue weighted by Gasteiger charge is 2.66. The molecule has 0 spiro atoms. The Kier molecular flexibility index (Phi) is 7.80. The van der Waals surface area contributed by atoms with Gasteiger partial charge in [-0.2, -0.15) is 0 Å². The van der Waals surface area contributed by atoms with Crippen molar-refractivity contribution >= 4 is 56.2 Å². The largest absolute Gasteiger partial charge is 0.504 e. The number of Topliss-reactive ketones (excluding diaryl/α,β-unsaturated/α-hetero) is 1. The van der Waals surface area contributed by atoms with Crippen LogP contribution in [0.3, 0.4) is 0 Å². The molecule has 1 saturated heterocycles.